The van der Waals surface area contributed by atoms with Gasteiger partial charge >= 0.3 is 6.03 Å². The van der Waals surface area contributed by atoms with Crippen molar-refractivity contribution in [3.05, 3.63) is 17.5 Å². The molecular formula is C21H39N5O. The molecule has 6 nitrogen and oxygen atoms in total. The number of nitrogens with one attached hydrogen (secondary N) is 2. The van der Waals surface area contributed by atoms with Crippen LogP contribution in [0.1, 0.15) is 52.4 Å². The molecule has 3 atom stereocenters. The largest absolute Gasteiger partial charge is 0.338 e. The Balaban J connectivity index is 1.74. The van der Waals surface area contributed by atoms with Crippen LogP contribution in [0.25, 0.3) is 0 Å². The predicted octanol–water partition coefficient (Wildman–Crippen LogP) is 3.19. The zero-order valence-corrected chi connectivity index (χ0v) is 18.3. The lowest BCUT2D eigenvalue weighted by Crippen LogP contribution is -2.57. The molecule has 1 aromatic rings. The normalized spacial score (nSPS) is 22.5. The Morgan fingerprint density at radius 1 is 1.26 bits per heavy atom. The molecule has 2 amide bonds. The Morgan fingerprint density at radius 3 is 2.44 bits per heavy atom. The van der Waals surface area contributed by atoms with Crippen LogP contribution in [0.2, 0.25) is 0 Å². The first-order valence-electron chi connectivity index (χ1n) is 10.3. The molecule has 27 heavy (non-hydrogen) atoms. The summed E-state index contributed by atoms with van der Waals surface area (Å²) < 4.78 is 2.02. The topological polar surface area (TPSA) is 62.2 Å². The van der Waals surface area contributed by atoms with Gasteiger partial charge < -0.3 is 10.6 Å². The van der Waals surface area contributed by atoms with Gasteiger partial charge in [0.2, 0.25) is 0 Å². The van der Waals surface area contributed by atoms with Crippen LogP contribution < -0.4 is 10.6 Å². The van der Waals surface area contributed by atoms with Crippen molar-refractivity contribution in [1.29, 1.82) is 0 Å². The van der Waals surface area contributed by atoms with Crippen LogP contribution in [-0.4, -0.2) is 52.4 Å². The summed E-state index contributed by atoms with van der Waals surface area (Å²) in [5.74, 6) is 1.76. The molecular weight excluding hydrogens is 338 g/mol. The molecule has 1 aliphatic heterocycles. The first kappa shape index (κ1) is 21.7. The molecule has 2 heterocycles. The van der Waals surface area contributed by atoms with Crippen LogP contribution in [0.3, 0.4) is 0 Å². The van der Waals surface area contributed by atoms with E-state index in [0.29, 0.717) is 19.0 Å². The van der Waals surface area contributed by atoms with Crippen molar-refractivity contribution >= 4 is 6.03 Å². The van der Waals surface area contributed by atoms with Gasteiger partial charge in [-0.25, -0.2) is 4.79 Å². The molecule has 1 aromatic heterocycles. The van der Waals surface area contributed by atoms with Gasteiger partial charge in [-0.15, -0.1) is 0 Å². The Labute approximate surface area is 165 Å². The van der Waals surface area contributed by atoms with Gasteiger partial charge in [0.25, 0.3) is 0 Å². The number of aromatic nitrogens is 2. The maximum absolute atomic E-state index is 12.3. The van der Waals surface area contributed by atoms with E-state index in [9.17, 15) is 4.79 Å². The highest BCUT2D eigenvalue weighted by Gasteiger charge is 2.32. The van der Waals surface area contributed by atoms with E-state index in [1.807, 2.05) is 11.6 Å². The third-order valence-corrected chi connectivity index (χ3v) is 5.61. The first-order chi connectivity index (χ1) is 12.6. The van der Waals surface area contributed by atoms with E-state index in [1.54, 1.807) is 0 Å². The van der Waals surface area contributed by atoms with Crippen LogP contribution in [0.4, 0.5) is 4.79 Å². The van der Waals surface area contributed by atoms with Crippen LogP contribution in [0.5, 0.6) is 0 Å². The van der Waals surface area contributed by atoms with E-state index in [1.165, 1.54) is 6.42 Å². The van der Waals surface area contributed by atoms with Gasteiger partial charge in [-0.3, -0.25) is 9.58 Å². The van der Waals surface area contributed by atoms with Crippen LogP contribution in [-0.2, 0) is 6.54 Å². The van der Waals surface area contributed by atoms with Crippen molar-refractivity contribution in [3.8, 4) is 0 Å². The quantitative estimate of drug-likeness (QED) is 0.767. The molecule has 0 aromatic carbocycles. The predicted molar refractivity (Wildman–Crippen MR) is 111 cm³/mol. The fourth-order valence-electron chi connectivity index (χ4n) is 4.11. The highest BCUT2D eigenvalue weighted by atomic mass is 16.2. The summed E-state index contributed by atoms with van der Waals surface area (Å²) >= 11 is 0. The number of carbonyl (C=O) groups is 1. The number of likely N-dealkylation sites (tertiary alicyclic amines) is 1. The molecule has 0 saturated carbocycles. The van der Waals surface area contributed by atoms with E-state index in [4.69, 9.17) is 0 Å². The fraction of sp³-hybridized carbons (Fsp3) is 0.810. The maximum Gasteiger partial charge on any atom is 0.314 e. The third kappa shape index (κ3) is 6.52. The highest BCUT2D eigenvalue weighted by Crippen LogP contribution is 2.26. The van der Waals surface area contributed by atoms with Gasteiger partial charge in [0, 0.05) is 44.0 Å². The molecule has 3 unspecified atom stereocenters. The van der Waals surface area contributed by atoms with Crippen LogP contribution >= 0.6 is 0 Å². The van der Waals surface area contributed by atoms with Gasteiger partial charge in [0.05, 0.1) is 5.69 Å². The highest BCUT2D eigenvalue weighted by molar-refractivity contribution is 5.73. The van der Waals surface area contributed by atoms with E-state index in [2.05, 4.69) is 68.2 Å². The second kappa shape index (κ2) is 9.09. The minimum atomic E-state index is -0.0820. The number of rotatable bonds is 7. The maximum atomic E-state index is 12.3. The molecule has 0 spiro atoms. The Kier molecular flexibility index (Phi) is 7.32. The number of hydrogen-bond donors (Lipinski definition) is 2. The number of nitrogens with zero attached hydrogens (tertiary/aromatic N) is 3. The first-order valence-corrected chi connectivity index (χ1v) is 10.3. The Hall–Kier alpha value is -1.56. The smallest absolute Gasteiger partial charge is 0.314 e. The van der Waals surface area contributed by atoms with Crippen molar-refractivity contribution in [2.75, 3.05) is 26.2 Å². The fourth-order valence-corrected chi connectivity index (χ4v) is 4.11. The molecule has 2 N–H and O–H groups in total. The molecule has 2 rings (SSSR count). The van der Waals surface area contributed by atoms with E-state index >= 15 is 0 Å². The van der Waals surface area contributed by atoms with Crippen molar-refractivity contribution in [2.24, 2.45) is 17.8 Å². The number of carbonyl (C=O) groups excluding carboxylic acids is 1. The lowest BCUT2D eigenvalue weighted by molar-refractivity contribution is 0.0472. The van der Waals surface area contributed by atoms with Crippen molar-refractivity contribution in [1.82, 2.24) is 25.3 Å². The monoisotopic (exact) mass is 377 g/mol. The van der Waals surface area contributed by atoms with E-state index in [0.717, 1.165) is 42.9 Å². The van der Waals surface area contributed by atoms with Gasteiger partial charge in [-0.2, -0.15) is 5.10 Å². The lowest BCUT2D eigenvalue weighted by Gasteiger charge is -2.45. The average Bonchev–Trinajstić information content (AvgIpc) is 2.87. The second-order valence-electron chi connectivity index (χ2n) is 9.44. The second-order valence-corrected chi connectivity index (χ2v) is 9.44. The van der Waals surface area contributed by atoms with Gasteiger partial charge in [-0.1, -0.05) is 20.8 Å². The summed E-state index contributed by atoms with van der Waals surface area (Å²) in [4.78, 5) is 14.8. The number of hydrogen-bond acceptors (Lipinski definition) is 3. The summed E-state index contributed by atoms with van der Waals surface area (Å²) in [6.45, 7) is 19.6. The molecule has 1 aliphatic rings. The van der Waals surface area contributed by atoms with Crippen LogP contribution in [0.15, 0.2) is 6.07 Å². The van der Waals surface area contributed by atoms with Gasteiger partial charge in [-0.05, 0) is 57.9 Å². The molecule has 6 heteroatoms. The summed E-state index contributed by atoms with van der Waals surface area (Å²) in [7, 11) is 0. The summed E-state index contributed by atoms with van der Waals surface area (Å²) in [5, 5.41) is 10.6. The molecule has 0 bridgehead atoms. The summed E-state index contributed by atoms with van der Waals surface area (Å²) in [6.07, 6.45) is 1.30. The van der Waals surface area contributed by atoms with Crippen molar-refractivity contribution in [3.63, 3.8) is 0 Å². The molecule has 1 saturated heterocycles. The Morgan fingerprint density at radius 2 is 1.89 bits per heavy atom. The van der Waals surface area contributed by atoms with Crippen molar-refractivity contribution < 1.29 is 4.79 Å². The minimum Gasteiger partial charge on any atom is -0.338 e. The zero-order chi connectivity index (χ0) is 20.2. The summed E-state index contributed by atoms with van der Waals surface area (Å²) in [6, 6.07) is 2.00. The molecule has 0 aliphatic carbocycles. The van der Waals surface area contributed by atoms with Crippen LogP contribution in [0, 0.1) is 31.6 Å². The van der Waals surface area contributed by atoms with Gasteiger partial charge in [0.1, 0.15) is 0 Å². The molecule has 0 radical (unpaired) electrons. The standard InChI is InChI=1S/C21H39N5O/c1-15-8-16(2)12-25(11-15)21(6,7)14-23-20(27)22-10-17(3)13-26-19(5)9-18(4)24-26/h9,15-17H,8,10-14H2,1-7H3,(H2,22,23,27). The van der Waals surface area contributed by atoms with Crippen molar-refractivity contribution in [2.45, 2.75) is 67.0 Å². The summed E-state index contributed by atoms with van der Waals surface area (Å²) in [5.41, 5.74) is 2.17. The average molecular weight is 378 g/mol. The molecule has 1 fully saturated rings. The van der Waals surface area contributed by atoms with E-state index in [-0.39, 0.29) is 11.6 Å². The minimum absolute atomic E-state index is 0.0321. The number of urea groups is 1. The molecule has 154 valence electrons. The SMILES string of the molecule is Cc1cc(C)n(CC(C)CNC(=O)NCC(C)(C)N2CC(C)CC(C)C2)n1. The van der Waals surface area contributed by atoms with Gasteiger partial charge in [0.15, 0.2) is 0 Å². The third-order valence-electron chi connectivity index (χ3n) is 5.61. The number of amides is 2. The lowest BCUT2D eigenvalue weighted by atomic mass is 9.88. The van der Waals surface area contributed by atoms with E-state index < -0.39 is 0 Å². The zero-order valence-electron chi connectivity index (χ0n) is 18.3. The number of aryl methyl sites for hydroxylation is 2. The Bertz CT molecular complexity index is 614. The number of piperidine rings is 1.